The molecule has 1 fully saturated rings. The predicted octanol–water partition coefficient (Wildman–Crippen LogP) is 2.83. The fourth-order valence-electron chi connectivity index (χ4n) is 3.08. The molecular formula is C20H34NO2+. The van der Waals surface area contributed by atoms with E-state index in [9.17, 15) is 0 Å². The number of hydrogen-bond donors (Lipinski definition) is 1. The summed E-state index contributed by atoms with van der Waals surface area (Å²) in [5, 5.41) is 0. The Kier molecular flexibility index (Phi) is 7.38. The molecule has 0 saturated carbocycles. The maximum absolute atomic E-state index is 5.90. The molecule has 1 aliphatic rings. The zero-order valence-corrected chi connectivity index (χ0v) is 15.4. The van der Waals surface area contributed by atoms with Crippen LogP contribution in [-0.4, -0.2) is 39.5 Å². The van der Waals surface area contributed by atoms with E-state index in [1.165, 1.54) is 37.1 Å². The summed E-state index contributed by atoms with van der Waals surface area (Å²) in [7, 11) is 0. The van der Waals surface area contributed by atoms with Gasteiger partial charge in [-0.2, -0.15) is 0 Å². The van der Waals surface area contributed by atoms with Gasteiger partial charge in [-0.1, -0.05) is 32.9 Å². The Bertz CT molecular complexity index is 465. The molecule has 0 atom stereocenters. The smallest absolute Gasteiger partial charge is 0.122 e. The van der Waals surface area contributed by atoms with Crippen LogP contribution >= 0.6 is 0 Å². The first kappa shape index (κ1) is 18.3. The highest BCUT2D eigenvalue weighted by atomic mass is 16.5. The summed E-state index contributed by atoms with van der Waals surface area (Å²) in [6.07, 6.45) is 2.73. The Labute approximate surface area is 142 Å². The first-order chi connectivity index (χ1) is 11.1. The molecule has 1 aliphatic heterocycles. The quantitative estimate of drug-likeness (QED) is 0.744. The second kappa shape index (κ2) is 9.29. The largest absolute Gasteiger partial charge is 0.491 e. The third-order valence-corrected chi connectivity index (χ3v) is 4.95. The van der Waals surface area contributed by atoms with Crippen LogP contribution in [0.5, 0.6) is 5.75 Å². The van der Waals surface area contributed by atoms with Gasteiger partial charge in [0.25, 0.3) is 0 Å². The molecule has 3 nitrogen and oxygen atoms in total. The van der Waals surface area contributed by atoms with E-state index in [1.54, 1.807) is 4.90 Å². The molecule has 130 valence electrons. The van der Waals surface area contributed by atoms with E-state index in [-0.39, 0.29) is 0 Å². The summed E-state index contributed by atoms with van der Waals surface area (Å²) in [5.74, 6) is 2.44. The van der Waals surface area contributed by atoms with Gasteiger partial charge in [-0.05, 0) is 48.8 Å². The van der Waals surface area contributed by atoms with E-state index in [2.05, 4.69) is 45.9 Å². The second-order valence-electron chi connectivity index (χ2n) is 7.32. The summed E-state index contributed by atoms with van der Waals surface area (Å²) in [5.41, 5.74) is 2.52. The number of nitrogens with one attached hydrogen (secondary N) is 1. The van der Waals surface area contributed by atoms with Gasteiger partial charge < -0.3 is 14.4 Å². The number of piperidine rings is 1. The van der Waals surface area contributed by atoms with Gasteiger partial charge in [-0.25, -0.2) is 0 Å². The monoisotopic (exact) mass is 320 g/mol. The molecule has 1 aromatic carbocycles. The SMILES string of the molecule is Cc1ccc(C(C)C)cc1OCCOCC[NH+]1CCC(C)CC1. The van der Waals surface area contributed by atoms with Gasteiger partial charge >= 0.3 is 0 Å². The fraction of sp³-hybridized carbons (Fsp3) is 0.700. The average molecular weight is 320 g/mol. The van der Waals surface area contributed by atoms with Crippen molar-refractivity contribution in [1.29, 1.82) is 0 Å². The van der Waals surface area contributed by atoms with Gasteiger partial charge in [0, 0.05) is 0 Å². The first-order valence-corrected chi connectivity index (χ1v) is 9.21. The molecule has 0 aliphatic carbocycles. The maximum atomic E-state index is 5.90. The third kappa shape index (κ3) is 6.15. The van der Waals surface area contributed by atoms with Crippen molar-refractivity contribution in [2.45, 2.75) is 46.5 Å². The van der Waals surface area contributed by atoms with Gasteiger partial charge in [-0.15, -0.1) is 0 Å². The Hall–Kier alpha value is -1.06. The Balaban J connectivity index is 1.61. The van der Waals surface area contributed by atoms with Crippen molar-refractivity contribution < 1.29 is 14.4 Å². The molecule has 0 spiro atoms. The first-order valence-electron chi connectivity index (χ1n) is 9.21. The number of ether oxygens (including phenoxy) is 2. The minimum absolute atomic E-state index is 0.532. The van der Waals surface area contributed by atoms with Crippen LogP contribution in [0.15, 0.2) is 18.2 Å². The lowest BCUT2D eigenvalue weighted by Gasteiger charge is -2.27. The molecule has 1 saturated heterocycles. The molecule has 3 heteroatoms. The molecular weight excluding hydrogens is 286 g/mol. The molecule has 1 N–H and O–H groups in total. The minimum atomic E-state index is 0.532. The van der Waals surface area contributed by atoms with Crippen molar-refractivity contribution in [3.05, 3.63) is 29.3 Å². The van der Waals surface area contributed by atoms with Crippen LogP contribution in [0.25, 0.3) is 0 Å². The van der Waals surface area contributed by atoms with E-state index >= 15 is 0 Å². The summed E-state index contributed by atoms with van der Waals surface area (Å²) in [6.45, 7) is 14.8. The molecule has 1 heterocycles. The van der Waals surface area contributed by atoms with Crippen molar-refractivity contribution in [3.63, 3.8) is 0 Å². The van der Waals surface area contributed by atoms with Crippen molar-refractivity contribution in [1.82, 2.24) is 0 Å². The van der Waals surface area contributed by atoms with Gasteiger partial charge in [0.1, 0.15) is 18.9 Å². The van der Waals surface area contributed by atoms with Crippen molar-refractivity contribution >= 4 is 0 Å². The van der Waals surface area contributed by atoms with E-state index in [0.29, 0.717) is 19.1 Å². The summed E-state index contributed by atoms with van der Waals surface area (Å²) in [6, 6.07) is 6.50. The number of quaternary nitrogens is 1. The Morgan fingerprint density at radius 1 is 1.13 bits per heavy atom. The molecule has 0 amide bonds. The lowest BCUT2D eigenvalue weighted by Crippen LogP contribution is -3.13. The van der Waals surface area contributed by atoms with Gasteiger partial charge in [0.05, 0.1) is 26.3 Å². The number of benzene rings is 1. The van der Waals surface area contributed by atoms with Crippen LogP contribution in [0.3, 0.4) is 0 Å². The Morgan fingerprint density at radius 3 is 2.57 bits per heavy atom. The van der Waals surface area contributed by atoms with Crippen molar-refractivity contribution in [2.75, 3.05) is 39.5 Å². The van der Waals surface area contributed by atoms with Crippen LogP contribution < -0.4 is 9.64 Å². The van der Waals surface area contributed by atoms with Gasteiger partial charge in [0.15, 0.2) is 0 Å². The van der Waals surface area contributed by atoms with E-state index in [4.69, 9.17) is 9.47 Å². The highest BCUT2D eigenvalue weighted by Crippen LogP contribution is 2.24. The lowest BCUT2D eigenvalue weighted by atomic mass is 9.99. The van der Waals surface area contributed by atoms with E-state index in [1.807, 2.05) is 0 Å². The normalized spacial score (nSPS) is 21.6. The van der Waals surface area contributed by atoms with E-state index < -0.39 is 0 Å². The number of hydrogen-bond acceptors (Lipinski definition) is 2. The predicted molar refractivity (Wildman–Crippen MR) is 95.5 cm³/mol. The molecule has 0 aromatic heterocycles. The van der Waals surface area contributed by atoms with Crippen LogP contribution in [-0.2, 0) is 4.74 Å². The fourth-order valence-corrected chi connectivity index (χ4v) is 3.08. The standard InChI is InChI=1S/C20H33NO2/c1-16(2)19-6-5-18(4)20(15-19)23-14-13-22-12-11-21-9-7-17(3)8-10-21/h5-6,15-17H,7-14H2,1-4H3/p+1. The number of aryl methyl sites for hydroxylation is 1. The lowest BCUT2D eigenvalue weighted by molar-refractivity contribution is -0.906. The highest BCUT2D eigenvalue weighted by molar-refractivity contribution is 5.37. The minimum Gasteiger partial charge on any atom is -0.491 e. The molecule has 1 aromatic rings. The second-order valence-corrected chi connectivity index (χ2v) is 7.32. The number of likely N-dealkylation sites (tertiary alicyclic amines) is 1. The molecule has 0 bridgehead atoms. The third-order valence-electron chi connectivity index (χ3n) is 4.95. The van der Waals surface area contributed by atoms with Crippen molar-refractivity contribution in [2.24, 2.45) is 5.92 Å². The zero-order valence-electron chi connectivity index (χ0n) is 15.4. The number of rotatable bonds is 8. The molecule has 23 heavy (non-hydrogen) atoms. The zero-order chi connectivity index (χ0) is 16.7. The average Bonchev–Trinajstić information content (AvgIpc) is 2.53. The summed E-state index contributed by atoms with van der Waals surface area (Å²) in [4.78, 5) is 1.70. The van der Waals surface area contributed by atoms with Crippen LogP contribution in [0.4, 0.5) is 0 Å². The van der Waals surface area contributed by atoms with Crippen LogP contribution in [0.2, 0.25) is 0 Å². The van der Waals surface area contributed by atoms with Gasteiger partial charge in [-0.3, -0.25) is 0 Å². The summed E-state index contributed by atoms with van der Waals surface area (Å²) < 4.78 is 11.7. The summed E-state index contributed by atoms with van der Waals surface area (Å²) >= 11 is 0. The maximum Gasteiger partial charge on any atom is 0.122 e. The Morgan fingerprint density at radius 2 is 1.87 bits per heavy atom. The van der Waals surface area contributed by atoms with Crippen LogP contribution in [0, 0.1) is 12.8 Å². The van der Waals surface area contributed by atoms with Gasteiger partial charge in [0.2, 0.25) is 0 Å². The van der Waals surface area contributed by atoms with E-state index in [0.717, 1.165) is 24.8 Å². The van der Waals surface area contributed by atoms with Crippen molar-refractivity contribution in [3.8, 4) is 5.75 Å². The molecule has 0 unspecified atom stereocenters. The topological polar surface area (TPSA) is 22.9 Å². The molecule has 2 rings (SSSR count). The highest BCUT2D eigenvalue weighted by Gasteiger charge is 2.18. The van der Waals surface area contributed by atoms with Crippen LogP contribution in [0.1, 0.15) is 50.7 Å². The molecule has 0 radical (unpaired) electrons.